The highest BCUT2D eigenvalue weighted by Gasteiger charge is 2.23. The molecule has 0 N–H and O–H groups in total. The van der Waals surface area contributed by atoms with Gasteiger partial charge in [0.15, 0.2) is 0 Å². The van der Waals surface area contributed by atoms with Crippen LogP contribution in [0.25, 0.3) is 88.1 Å². The van der Waals surface area contributed by atoms with E-state index in [-0.39, 0.29) is 0 Å². The van der Waals surface area contributed by atoms with E-state index in [1.165, 1.54) is 0 Å². The number of nitriles is 2. The molecule has 0 unspecified atom stereocenters. The molecule has 49 heavy (non-hydrogen) atoms. The molecule has 0 saturated carbocycles. The van der Waals surface area contributed by atoms with E-state index in [4.69, 9.17) is 4.42 Å². The van der Waals surface area contributed by atoms with E-state index < -0.39 is 0 Å². The lowest BCUT2D eigenvalue weighted by atomic mass is 10.0. The van der Waals surface area contributed by atoms with Crippen molar-refractivity contribution >= 4 is 65.6 Å². The minimum Gasteiger partial charge on any atom is -0.455 e. The number of fused-ring (bicyclic) bond motifs is 10. The first kappa shape index (κ1) is 27.1. The molecule has 0 bridgehead atoms. The van der Waals surface area contributed by atoms with Gasteiger partial charge in [-0.25, -0.2) is 0 Å². The van der Waals surface area contributed by atoms with Crippen LogP contribution in [0.15, 0.2) is 150 Å². The highest BCUT2D eigenvalue weighted by molar-refractivity contribution is 6.24. The Hall–Kier alpha value is -7.08. The molecule has 0 aliphatic carbocycles. The molecule has 10 rings (SSSR count). The molecule has 0 radical (unpaired) electrons. The van der Waals surface area contributed by atoms with Crippen molar-refractivity contribution in [3.05, 3.63) is 157 Å². The van der Waals surface area contributed by atoms with Gasteiger partial charge in [0.05, 0.1) is 44.3 Å². The number of nitrogens with zero attached hydrogens (tertiary/aromatic N) is 4. The number of hydrogen-bond donors (Lipinski definition) is 0. The second-order valence-electron chi connectivity index (χ2n) is 12.4. The fourth-order valence-corrected chi connectivity index (χ4v) is 7.70. The van der Waals surface area contributed by atoms with E-state index in [9.17, 15) is 10.5 Å². The summed E-state index contributed by atoms with van der Waals surface area (Å²) < 4.78 is 10.8. The topological polar surface area (TPSA) is 70.6 Å². The summed E-state index contributed by atoms with van der Waals surface area (Å²) in [4.78, 5) is 0. The van der Waals surface area contributed by atoms with Crippen LogP contribution in [0.3, 0.4) is 0 Å². The van der Waals surface area contributed by atoms with Crippen LogP contribution in [0, 0.1) is 22.7 Å². The minimum absolute atomic E-state index is 0.418. The van der Waals surface area contributed by atoms with Crippen LogP contribution in [0.1, 0.15) is 11.1 Å². The van der Waals surface area contributed by atoms with E-state index in [1.54, 1.807) is 0 Å². The highest BCUT2D eigenvalue weighted by Crippen LogP contribution is 2.43. The third kappa shape index (κ3) is 3.79. The monoisotopic (exact) mass is 624 g/mol. The summed E-state index contributed by atoms with van der Waals surface area (Å²) in [7, 11) is 0. The standard InChI is InChI=1S/C44H24N4O/c45-25-29-22-31(23-30(26-46)43(29)48-37-15-7-4-12-32(37)33-13-5-8-16-38(33)48)47-39-20-18-28(27-10-2-1-3-11-27)24-36(39)42-40(47)21-19-35-34-14-6-9-17-41(34)49-44(35)42/h1-24H. The molecular weight excluding hydrogens is 601 g/mol. The first-order chi connectivity index (χ1) is 24.2. The Morgan fingerprint density at radius 3 is 1.73 bits per heavy atom. The highest BCUT2D eigenvalue weighted by atomic mass is 16.3. The van der Waals surface area contributed by atoms with Gasteiger partial charge in [-0.2, -0.15) is 10.5 Å². The molecule has 10 aromatic rings. The van der Waals surface area contributed by atoms with Crippen LogP contribution in [-0.4, -0.2) is 9.13 Å². The molecule has 0 spiro atoms. The Labute approximate surface area is 280 Å². The number of aromatic nitrogens is 2. The summed E-state index contributed by atoms with van der Waals surface area (Å²) >= 11 is 0. The molecule has 0 aliphatic heterocycles. The number of benzene rings is 7. The average Bonchev–Trinajstić information content (AvgIpc) is 3.82. The first-order valence-electron chi connectivity index (χ1n) is 16.1. The predicted octanol–water partition coefficient (Wildman–Crippen LogP) is 11.2. The number of furan rings is 1. The molecule has 5 nitrogen and oxygen atoms in total. The zero-order chi connectivity index (χ0) is 32.6. The van der Waals surface area contributed by atoms with E-state index in [2.05, 4.69) is 81.9 Å². The Kier molecular flexibility index (Phi) is 5.64. The van der Waals surface area contributed by atoms with Crippen LogP contribution in [0.4, 0.5) is 0 Å². The van der Waals surface area contributed by atoms with Gasteiger partial charge in [0.1, 0.15) is 23.3 Å². The molecular formula is C44H24N4O. The van der Waals surface area contributed by atoms with Crippen molar-refractivity contribution in [3.8, 4) is 34.6 Å². The quantitative estimate of drug-likeness (QED) is 0.196. The molecule has 0 amide bonds. The van der Waals surface area contributed by atoms with Crippen molar-refractivity contribution < 1.29 is 4.42 Å². The van der Waals surface area contributed by atoms with Gasteiger partial charge in [-0.3, -0.25) is 0 Å². The summed E-state index contributed by atoms with van der Waals surface area (Å²) in [6, 6.07) is 54.2. The van der Waals surface area contributed by atoms with Crippen LogP contribution in [-0.2, 0) is 0 Å². The summed E-state index contributed by atoms with van der Waals surface area (Å²) in [6.07, 6.45) is 0. The molecule has 0 atom stereocenters. The van der Waals surface area contributed by atoms with Gasteiger partial charge < -0.3 is 13.6 Å². The molecule has 5 heteroatoms. The Bertz CT molecular complexity index is 2980. The van der Waals surface area contributed by atoms with Gasteiger partial charge in [0.25, 0.3) is 0 Å². The average molecular weight is 625 g/mol. The molecule has 0 fully saturated rings. The first-order valence-corrected chi connectivity index (χ1v) is 16.1. The minimum atomic E-state index is 0.418. The summed E-state index contributed by atoms with van der Waals surface area (Å²) in [5, 5.41) is 27.7. The van der Waals surface area contributed by atoms with Gasteiger partial charge >= 0.3 is 0 Å². The molecule has 0 saturated heterocycles. The van der Waals surface area contributed by atoms with Gasteiger partial charge in [-0.1, -0.05) is 91.0 Å². The number of para-hydroxylation sites is 3. The van der Waals surface area contributed by atoms with Gasteiger partial charge in [0.2, 0.25) is 0 Å². The van der Waals surface area contributed by atoms with Crippen molar-refractivity contribution in [3.63, 3.8) is 0 Å². The fourth-order valence-electron chi connectivity index (χ4n) is 7.70. The predicted molar refractivity (Wildman–Crippen MR) is 197 cm³/mol. The molecule has 226 valence electrons. The maximum atomic E-state index is 10.7. The zero-order valence-corrected chi connectivity index (χ0v) is 26.1. The van der Waals surface area contributed by atoms with Crippen LogP contribution < -0.4 is 0 Å². The van der Waals surface area contributed by atoms with Gasteiger partial charge in [-0.05, 0) is 65.7 Å². The molecule has 7 aromatic carbocycles. The Balaban J connectivity index is 1.31. The van der Waals surface area contributed by atoms with Crippen molar-refractivity contribution in [2.75, 3.05) is 0 Å². The normalized spacial score (nSPS) is 11.6. The lowest BCUT2D eigenvalue weighted by Gasteiger charge is -2.15. The Morgan fingerprint density at radius 2 is 1.04 bits per heavy atom. The summed E-state index contributed by atoms with van der Waals surface area (Å²) in [5.41, 5.74) is 9.80. The smallest absolute Gasteiger partial charge is 0.145 e. The fraction of sp³-hybridized carbons (Fsp3) is 0. The third-order valence-electron chi connectivity index (χ3n) is 9.78. The molecule has 3 aromatic heterocycles. The van der Waals surface area contributed by atoms with E-state index >= 15 is 0 Å². The second kappa shape index (κ2) is 10.2. The molecule has 3 heterocycles. The molecule has 0 aliphatic rings. The SMILES string of the molecule is N#Cc1cc(-n2c3ccc(-c4ccccc4)cc3c3c4oc5ccccc5c4ccc32)cc(C#N)c1-n1c2ccccc2c2ccccc21. The van der Waals surface area contributed by atoms with Gasteiger partial charge in [-0.15, -0.1) is 0 Å². The number of rotatable bonds is 3. The maximum Gasteiger partial charge on any atom is 0.145 e. The summed E-state index contributed by atoms with van der Waals surface area (Å²) in [6.45, 7) is 0. The summed E-state index contributed by atoms with van der Waals surface area (Å²) in [5.74, 6) is 0. The van der Waals surface area contributed by atoms with Crippen LogP contribution >= 0.6 is 0 Å². The van der Waals surface area contributed by atoms with Crippen molar-refractivity contribution in [2.24, 2.45) is 0 Å². The lowest BCUT2D eigenvalue weighted by molar-refractivity contribution is 0.673. The number of hydrogen-bond acceptors (Lipinski definition) is 3. The third-order valence-corrected chi connectivity index (χ3v) is 9.78. The zero-order valence-electron chi connectivity index (χ0n) is 26.1. The van der Waals surface area contributed by atoms with Crippen LogP contribution in [0.2, 0.25) is 0 Å². The van der Waals surface area contributed by atoms with E-state index in [0.29, 0.717) is 16.8 Å². The van der Waals surface area contributed by atoms with E-state index in [1.807, 2.05) is 84.9 Å². The van der Waals surface area contributed by atoms with Crippen LogP contribution in [0.5, 0.6) is 0 Å². The maximum absolute atomic E-state index is 10.7. The van der Waals surface area contributed by atoms with Crippen molar-refractivity contribution in [2.45, 2.75) is 0 Å². The van der Waals surface area contributed by atoms with E-state index in [0.717, 1.165) is 82.4 Å². The largest absolute Gasteiger partial charge is 0.455 e. The lowest BCUT2D eigenvalue weighted by Crippen LogP contribution is -2.04. The Morgan fingerprint density at radius 1 is 0.449 bits per heavy atom. The second-order valence-corrected chi connectivity index (χ2v) is 12.4. The van der Waals surface area contributed by atoms with Gasteiger partial charge in [0, 0.05) is 32.6 Å². The van der Waals surface area contributed by atoms with Crippen molar-refractivity contribution in [1.29, 1.82) is 10.5 Å². The van der Waals surface area contributed by atoms with Crippen molar-refractivity contribution in [1.82, 2.24) is 9.13 Å².